The van der Waals surface area contributed by atoms with Crippen molar-refractivity contribution in [1.29, 1.82) is 0 Å². The molecular weight excluding hydrogens is 497 g/mol. The Bertz CT molecular complexity index is 1430. The number of sulfonamides is 1. The van der Waals surface area contributed by atoms with Crippen molar-refractivity contribution in [2.75, 3.05) is 18.0 Å². The maximum atomic E-state index is 14.3. The number of amides is 1. The monoisotopic (exact) mass is 525 g/mol. The summed E-state index contributed by atoms with van der Waals surface area (Å²) in [6, 6.07) is 20.2. The molecule has 0 N–H and O–H groups in total. The quantitative estimate of drug-likeness (QED) is 0.251. The smallest absolute Gasteiger partial charge is 0.260 e. The van der Waals surface area contributed by atoms with E-state index in [2.05, 4.69) is 4.98 Å². The first-order valence-electron chi connectivity index (χ1n) is 11.9. The second-order valence-corrected chi connectivity index (χ2v) is 11.3. The number of benzene rings is 3. The molecule has 36 heavy (non-hydrogen) atoms. The molecule has 1 amide bonds. The molecule has 1 heterocycles. The van der Waals surface area contributed by atoms with Gasteiger partial charge < -0.3 is 0 Å². The third-order valence-electron chi connectivity index (χ3n) is 5.70. The van der Waals surface area contributed by atoms with Gasteiger partial charge in [-0.3, -0.25) is 9.69 Å². The molecule has 0 unspecified atom stereocenters. The molecular formula is C27H28FN3O3S2. The van der Waals surface area contributed by atoms with Crippen molar-refractivity contribution >= 4 is 42.6 Å². The van der Waals surface area contributed by atoms with Crippen molar-refractivity contribution in [3.63, 3.8) is 0 Å². The highest BCUT2D eigenvalue weighted by molar-refractivity contribution is 7.89. The van der Waals surface area contributed by atoms with Crippen LogP contribution in [0.5, 0.6) is 0 Å². The van der Waals surface area contributed by atoms with E-state index in [1.165, 1.54) is 50.9 Å². The molecule has 0 aliphatic heterocycles. The van der Waals surface area contributed by atoms with Gasteiger partial charge in [-0.05, 0) is 54.8 Å². The van der Waals surface area contributed by atoms with E-state index in [1.54, 1.807) is 12.1 Å². The fourth-order valence-corrected chi connectivity index (χ4v) is 6.54. The molecule has 4 aromatic rings. The largest absolute Gasteiger partial charge is 0.279 e. The van der Waals surface area contributed by atoms with E-state index in [1.807, 2.05) is 44.2 Å². The third-order valence-corrected chi connectivity index (χ3v) is 8.66. The zero-order chi connectivity index (χ0) is 25.7. The van der Waals surface area contributed by atoms with Gasteiger partial charge in [0.15, 0.2) is 5.13 Å². The van der Waals surface area contributed by atoms with E-state index in [-0.39, 0.29) is 22.9 Å². The number of hydrogen-bond acceptors (Lipinski definition) is 5. The average Bonchev–Trinajstić information content (AvgIpc) is 3.33. The highest BCUT2D eigenvalue weighted by atomic mass is 32.2. The zero-order valence-electron chi connectivity index (χ0n) is 20.2. The van der Waals surface area contributed by atoms with Gasteiger partial charge in [-0.25, -0.2) is 17.8 Å². The lowest BCUT2D eigenvalue weighted by atomic mass is 10.1. The number of carbonyl (C=O) groups excluding carboxylic acids is 1. The molecule has 0 fully saturated rings. The molecule has 0 atom stereocenters. The summed E-state index contributed by atoms with van der Waals surface area (Å²) >= 11 is 1.24. The minimum Gasteiger partial charge on any atom is -0.279 e. The number of anilines is 1. The van der Waals surface area contributed by atoms with Gasteiger partial charge in [-0.2, -0.15) is 4.31 Å². The number of nitrogens with zero attached hydrogens (tertiary/aromatic N) is 3. The molecule has 0 aliphatic carbocycles. The molecule has 0 saturated carbocycles. The predicted octanol–water partition coefficient (Wildman–Crippen LogP) is 6.09. The summed E-state index contributed by atoms with van der Waals surface area (Å²) in [6.07, 6.45) is 1.43. The van der Waals surface area contributed by atoms with Crippen LogP contribution in [-0.2, 0) is 16.6 Å². The first-order chi connectivity index (χ1) is 17.3. The molecule has 0 aliphatic rings. The lowest BCUT2D eigenvalue weighted by Crippen LogP contribution is -2.33. The fourth-order valence-electron chi connectivity index (χ4n) is 3.94. The molecule has 6 nitrogen and oxygen atoms in total. The Morgan fingerprint density at radius 2 is 1.58 bits per heavy atom. The van der Waals surface area contributed by atoms with Gasteiger partial charge in [0.25, 0.3) is 5.91 Å². The molecule has 0 spiro atoms. The molecule has 1 aromatic heterocycles. The number of hydrogen-bond donors (Lipinski definition) is 0. The topological polar surface area (TPSA) is 70.6 Å². The van der Waals surface area contributed by atoms with Crippen LogP contribution in [0.2, 0.25) is 0 Å². The summed E-state index contributed by atoms with van der Waals surface area (Å²) in [6.45, 7) is 5.00. The maximum Gasteiger partial charge on any atom is 0.260 e. The first kappa shape index (κ1) is 25.9. The van der Waals surface area contributed by atoms with Gasteiger partial charge in [0, 0.05) is 18.7 Å². The normalized spacial score (nSPS) is 11.8. The second kappa shape index (κ2) is 11.3. The number of halogens is 1. The highest BCUT2D eigenvalue weighted by Crippen LogP contribution is 2.32. The SMILES string of the molecule is CCCN(CCC)S(=O)(=O)c1ccc(C(=O)N(Cc2ccccc2)c2nc3c(F)cccc3s2)cc1. The molecule has 9 heteroatoms. The number of para-hydroxylation sites is 1. The van der Waals surface area contributed by atoms with Crippen molar-refractivity contribution in [3.8, 4) is 0 Å². The molecule has 4 rings (SSSR count). The lowest BCUT2D eigenvalue weighted by molar-refractivity contribution is 0.0985. The number of fused-ring (bicyclic) bond motifs is 1. The van der Waals surface area contributed by atoms with Crippen LogP contribution in [-0.4, -0.2) is 36.7 Å². The number of carbonyl (C=O) groups is 1. The Balaban J connectivity index is 1.68. The van der Waals surface area contributed by atoms with Crippen LogP contribution >= 0.6 is 11.3 Å². The van der Waals surface area contributed by atoms with Crippen molar-refractivity contribution in [2.45, 2.75) is 38.1 Å². The molecule has 0 bridgehead atoms. The summed E-state index contributed by atoms with van der Waals surface area (Å²) in [4.78, 5) is 19.7. The molecule has 188 valence electrons. The highest BCUT2D eigenvalue weighted by Gasteiger charge is 2.26. The zero-order valence-corrected chi connectivity index (χ0v) is 21.9. The summed E-state index contributed by atoms with van der Waals surface area (Å²) < 4.78 is 42.7. The van der Waals surface area contributed by atoms with Crippen molar-refractivity contribution in [3.05, 3.63) is 89.7 Å². The van der Waals surface area contributed by atoms with Crippen LogP contribution in [0.1, 0.15) is 42.6 Å². The standard InChI is InChI=1S/C27H28FN3O3S2/c1-3-17-30(18-4-2)36(33,34)22-15-13-21(14-16-22)26(32)31(19-20-9-6-5-7-10-20)27-29-25-23(28)11-8-12-24(25)35-27/h5-16H,3-4,17-19H2,1-2H3. The first-order valence-corrected chi connectivity index (χ1v) is 14.1. The summed E-state index contributed by atoms with van der Waals surface area (Å²) in [5.41, 5.74) is 1.43. The fraction of sp³-hybridized carbons (Fsp3) is 0.259. The Kier molecular flexibility index (Phi) is 8.13. The van der Waals surface area contributed by atoms with E-state index in [4.69, 9.17) is 0 Å². The summed E-state index contributed by atoms with van der Waals surface area (Å²) in [7, 11) is -3.65. The average molecular weight is 526 g/mol. The molecule has 0 saturated heterocycles. The van der Waals surface area contributed by atoms with Gasteiger partial charge in [0.05, 0.1) is 16.1 Å². The van der Waals surface area contributed by atoms with Crippen LogP contribution in [0, 0.1) is 5.82 Å². The predicted molar refractivity (Wildman–Crippen MR) is 142 cm³/mol. The third kappa shape index (κ3) is 5.48. The number of aromatic nitrogens is 1. The van der Waals surface area contributed by atoms with E-state index in [0.717, 1.165) is 5.56 Å². The Morgan fingerprint density at radius 3 is 2.19 bits per heavy atom. The van der Waals surface area contributed by atoms with E-state index >= 15 is 0 Å². The van der Waals surface area contributed by atoms with Crippen LogP contribution in [0.4, 0.5) is 9.52 Å². The van der Waals surface area contributed by atoms with E-state index < -0.39 is 15.8 Å². The van der Waals surface area contributed by atoms with Crippen molar-refractivity contribution in [2.24, 2.45) is 0 Å². The molecule has 0 radical (unpaired) electrons. The van der Waals surface area contributed by atoms with Crippen LogP contribution in [0.3, 0.4) is 0 Å². The van der Waals surface area contributed by atoms with E-state index in [0.29, 0.717) is 41.3 Å². The van der Waals surface area contributed by atoms with Gasteiger partial charge in [-0.1, -0.05) is 61.6 Å². The van der Waals surface area contributed by atoms with Crippen LogP contribution in [0.15, 0.2) is 77.7 Å². The van der Waals surface area contributed by atoms with Crippen molar-refractivity contribution < 1.29 is 17.6 Å². The number of thiazole rings is 1. The van der Waals surface area contributed by atoms with Gasteiger partial charge in [0.2, 0.25) is 10.0 Å². The summed E-state index contributed by atoms with van der Waals surface area (Å²) in [5, 5.41) is 0.373. The van der Waals surface area contributed by atoms with Crippen LogP contribution in [0.25, 0.3) is 10.2 Å². The van der Waals surface area contributed by atoms with E-state index in [9.17, 15) is 17.6 Å². The minimum atomic E-state index is -3.65. The molecule has 3 aromatic carbocycles. The Morgan fingerprint density at radius 1 is 0.917 bits per heavy atom. The van der Waals surface area contributed by atoms with Crippen LogP contribution < -0.4 is 4.90 Å². The Labute approximate surface area is 215 Å². The van der Waals surface area contributed by atoms with Gasteiger partial charge in [-0.15, -0.1) is 0 Å². The maximum absolute atomic E-state index is 14.3. The Hall–Kier alpha value is -3.14. The minimum absolute atomic E-state index is 0.151. The summed E-state index contributed by atoms with van der Waals surface area (Å²) in [5.74, 6) is -0.790. The van der Waals surface area contributed by atoms with Crippen molar-refractivity contribution in [1.82, 2.24) is 9.29 Å². The number of rotatable bonds is 10. The van der Waals surface area contributed by atoms with Gasteiger partial charge in [0.1, 0.15) is 11.3 Å². The second-order valence-electron chi connectivity index (χ2n) is 8.39. The van der Waals surface area contributed by atoms with Gasteiger partial charge >= 0.3 is 0 Å². The lowest BCUT2D eigenvalue weighted by Gasteiger charge is -2.22.